The first-order valence-electron chi connectivity index (χ1n) is 13.2. The van der Waals surface area contributed by atoms with Gasteiger partial charge in [0.2, 0.25) is 11.8 Å². The molecule has 2 atom stereocenters. The zero-order valence-corrected chi connectivity index (χ0v) is 24.2. The molecular formula is C28H40N4O6S. The topological polar surface area (TPSA) is 146 Å². The number of benzene rings is 1. The van der Waals surface area contributed by atoms with Crippen LogP contribution in [0.1, 0.15) is 64.9 Å². The number of rotatable bonds is 15. The van der Waals surface area contributed by atoms with E-state index >= 15 is 0 Å². The Morgan fingerprint density at radius 1 is 1.05 bits per heavy atom. The minimum atomic E-state index is -1.59. The van der Waals surface area contributed by atoms with E-state index in [4.69, 9.17) is 0 Å². The first-order chi connectivity index (χ1) is 18.5. The summed E-state index contributed by atoms with van der Waals surface area (Å²) in [5, 5.41) is 8.84. The van der Waals surface area contributed by atoms with Crippen molar-refractivity contribution in [2.45, 2.75) is 76.6 Å². The molecule has 0 bridgehead atoms. The second-order valence-corrected chi connectivity index (χ2v) is 11.4. The molecule has 2 rings (SSSR count). The van der Waals surface area contributed by atoms with E-state index in [-0.39, 0.29) is 48.6 Å². The van der Waals surface area contributed by atoms with E-state index in [1.807, 2.05) is 38.1 Å². The molecule has 0 aliphatic carbocycles. The van der Waals surface area contributed by atoms with Gasteiger partial charge in [0.25, 0.3) is 5.91 Å². The molecule has 10 nitrogen and oxygen atoms in total. The quantitative estimate of drug-likeness (QED) is 0.149. The number of H-pyrrole nitrogens is 1. The molecule has 0 aliphatic rings. The van der Waals surface area contributed by atoms with E-state index < -0.39 is 22.7 Å². The second-order valence-electron chi connectivity index (χ2n) is 9.91. The van der Waals surface area contributed by atoms with Crippen LogP contribution in [0.4, 0.5) is 0 Å². The van der Waals surface area contributed by atoms with E-state index in [0.717, 1.165) is 28.2 Å². The molecule has 214 valence electrons. The third-order valence-electron chi connectivity index (χ3n) is 6.20. The average Bonchev–Trinajstić information content (AvgIpc) is 3.29. The number of fused-ring (bicyclic) bond motifs is 1. The van der Waals surface area contributed by atoms with Gasteiger partial charge in [-0.15, -0.1) is 0 Å². The van der Waals surface area contributed by atoms with Crippen molar-refractivity contribution in [1.29, 1.82) is 0 Å². The summed E-state index contributed by atoms with van der Waals surface area (Å²) in [6.07, 6.45) is 4.33. The van der Waals surface area contributed by atoms with Crippen LogP contribution in [0.5, 0.6) is 0 Å². The molecule has 3 amide bonds. The predicted octanol–water partition coefficient (Wildman–Crippen LogP) is 3.20. The minimum absolute atomic E-state index is 0.0463. The van der Waals surface area contributed by atoms with Gasteiger partial charge in [-0.05, 0) is 36.8 Å². The highest BCUT2D eigenvalue weighted by atomic mass is 32.2. The summed E-state index contributed by atoms with van der Waals surface area (Å²) in [6.45, 7) is 5.13. The lowest BCUT2D eigenvalue weighted by Gasteiger charge is -2.34. The van der Waals surface area contributed by atoms with Gasteiger partial charge in [0, 0.05) is 50.3 Å². The van der Waals surface area contributed by atoms with Gasteiger partial charge < -0.3 is 25.7 Å². The van der Waals surface area contributed by atoms with Gasteiger partial charge in [-0.3, -0.25) is 24.0 Å². The standard InChI is InChI=1S/C28H40N4O6S/c1-18(2)16-28(39-19(3)33,32-24(34)13-7-6-8-14-25(35)38-5)27(37)31-23(26(36)29-4)15-20-17-30-22-12-10-9-11-21(20)22/h9-12,17-18,23,30H,6-8,13-16H2,1-5H3,(H,29,36)(H,31,37)(H,32,34)/t23-,28+/m0/s1. The first-order valence-corrected chi connectivity index (χ1v) is 14.0. The normalized spacial score (nSPS) is 13.4. The highest BCUT2D eigenvalue weighted by Gasteiger charge is 2.44. The lowest BCUT2D eigenvalue weighted by molar-refractivity contribution is -0.140. The number of aromatic amines is 1. The molecule has 2 aromatic rings. The van der Waals surface area contributed by atoms with Gasteiger partial charge >= 0.3 is 5.97 Å². The van der Waals surface area contributed by atoms with Gasteiger partial charge in [0.15, 0.2) is 9.99 Å². The van der Waals surface area contributed by atoms with Crippen molar-refractivity contribution >= 4 is 51.5 Å². The van der Waals surface area contributed by atoms with Crippen molar-refractivity contribution in [3.8, 4) is 0 Å². The summed E-state index contributed by atoms with van der Waals surface area (Å²) < 4.78 is 4.63. The van der Waals surface area contributed by atoms with Gasteiger partial charge in [0.05, 0.1) is 7.11 Å². The maximum absolute atomic E-state index is 13.8. The van der Waals surface area contributed by atoms with Crippen LogP contribution >= 0.6 is 11.8 Å². The number of hydrogen-bond acceptors (Lipinski definition) is 7. The van der Waals surface area contributed by atoms with Crippen molar-refractivity contribution < 1.29 is 28.7 Å². The first kappa shape index (κ1) is 31.9. The Morgan fingerprint density at radius 2 is 1.74 bits per heavy atom. The van der Waals surface area contributed by atoms with Crippen LogP contribution in [0.2, 0.25) is 0 Å². The number of para-hydroxylation sites is 1. The Balaban J connectivity index is 2.24. The predicted molar refractivity (Wildman–Crippen MR) is 152 cm³/mol. The molecule has 39 heavy (non-hydrogen) atoms. The number of amides is 3. The van der Waals surface area contributed by atoms with Gasteiger partial charge in [-0.1, -0.05) is 50.2 Å². The average molecular weight is 561 g/mol. The molecule has 0 unspecified atom stereocenters. The Morgan fingerprint density at radius 3 is 2.38 bits per heavy atom. The van der Waals surface area contributed by atoms with E-state index in [0.29, 0.717) is 19.3 Å². The van der Waals surface area contributed by atoms with Crippen LogP contribution in [0.3, 0.4) is 0 Å². The molecule has 1 heterocycles. The van der Waals surface area contributed by atoms with Crippen molar-refractivity contribution in [2.24, 2.45) is 5.92 Å². The number of aromatic nitrogens is 1. The van der Waals surface area contributed by atoms with Gasteiger partial charge in [-0.2, -0.15) is 0 Å². The number of esters is 1. The van der Waals surface area contributed by atoms with Gasteiger partial charge in [-0.25, -0.2) is 0 Å². The largest absolute Gasteiger partial charge is 0.469 e. The third-order valence-corrected chi connectivity index (χ3v) is 7.29. The second kappa shape index (κ2) is 15.3. The smallest absolute Gasteiger partial charge is 0.305 e. The summed E-state index contributed by atoms with van der Waals surface area (Å²) >= 11 is 0.752. The SMILES string of the molecule is CNC(=O)[C@H](Cc1c[nH]c2ccccc12)NC(=O)[C@](CC(C)C)(NC(=O)CCCCCC(=O)OC)SC(C)=O. The Bertz CT molecular complexity index is 1160. The van der Waals surface area contributed by atoms with E-state index in [9.17, 15) is 24.0 Å². The summed E-state index contributed by atoms with van der Waals surface area (Å²) in [4.78, 5) is 64.8. The molecule has 1 aromatic carbocycles. The van der Waals surface area contributed by atoms with Crippen LogP contribution < -0.4 is 16.0 Å². The Kier molecular flexibility index (Phi) is 12.5. The highest BCUT2D eigenvalue weighted by molar-refractivity contribution is 8.15. The van der Waals surface area contributed by atoms with E-state index in [2.05, 4.69) is 25.7 Å². The van der Waals surface area contributed by atoms with Gasteiger partial charge in [0.1, 0.15) is 6.04 Å². The van der Waals surface area contributed by atoms with E-state index in [1.165, 1.54) is 21.1 Å². The summed E-state index contributed by atoms with van der Waals surface area (Å²) in [7, 11) is 2.82. The monoisotopic (exact) mass is 560 g/mol. The van der Waals surface area contributed by atoms with Crippen LogP contribution in [-0.2, 0) is 35.1 Å². The summed E-state index contributed by atoms with van der Waals surface area (Å²) in [5.74, 6) is -1.73. The maximum atomic E-state index is 13.8. The van der Waals surface area contributed by atoms with Crippen LogP contribution in [-0.4, -0.2) is 58.9 Å². The number of unbranched alkanes of at least 4 members (excludes halogenated alkanes) is 2. The van der Waals surface area contributed by atoms with Crippen LogP contribution in [0, 0.1) is 5.92 Å². The highest BCUT2D eigenvalue weighted by Crippen LogP contribution is 2.32. The van der Waals surface area contributed by atoms with Crippen LogP contribution in [0.25, 0.3) is 10.9 Å². The fourth-order valence-corrected chi connectivity index (χ4v) is 5.66. The number of carbonyl (C=O) groups is 5. The zero-order valence-electron chi connectivity index (χ0n) is 23.3. The lowest BCUT2D eigenvalue weighted by atomic mass is 9.99. The zero-order chi connectivity index (χ0) is 29.0. The Hall–Kier alpha value is -3.34. The molecule has 11 heteroatoms. The van der Waals surface area contributed by atoms with Crippen molar-refractivity contribution in [3.63, 3.8) is 0 Å². The lowest BCUT2D eigenvalue weighted by Crippen LogP contribution is -2.61. The number of methoxy groups -OCH3 is 1. The maximum Gasteiger partial charge on any atom is 0.305 e. The number of nitrogens with one attached hydrogen (secondary N) is 4. The Labute approximate surface area is 233 Å². The van der Waals surface area contributed by atoms with Crippen molar-refractivity contribution in [2.75, 3.05) is 14.2 Å². The number of hydrogen-bond donors (Lipinski definition) is 4. The van der Waals surface area contributed by atoms with Crippen LogP contribution in [0.15, 0.2) is 30.5 Å². The van der Waals surface area contributed by atoms with Crippen molar-refractivity contribution in [1.82, 2.24) is 20.9 Å². The number of carbonyl (C=O) groups excluding carboxylic acids is 5. The molecule has 0 spiro atoms. The number of likely N-dealkylation sites (N-methyl/N-ethyl adjacent to an activating group) is 1. The molecule has 4 N–H and O–H groups in total. The molecule has 0 aliphatic heterocycles. The molecular weight excluding hydrogens is 520 g/mol. The fourth-order valence-electron chi connectivity index (χ4n) is 4.43. The number of thioether (sulfide) groups is 1. The third kappa shape index (κ3) is 9.72. The fraction of sp³-hybridized carbons (Fsp3) is 0.536. The molecule has 0 saturated carbocycles. The number of ether oxygens (including phenoxy) is 1. The minimum Gasteiger partial charge on any atom is -0.469 e. The molecule has 0 radical (unpaired) electrons. The summed E-state index contributed by atoms with van der Waals surface area (Å²) in [6, 6.07) is 6.73. The molecule has 0 saturated heterocycles. The molecule has 0 fully saturated rings. The van der Waals surface area contributed by atoms with E-state index in [1.54, 1.807) is 6.20 Å². The van der Waals surface area contributed by atoms with Crippen molar-refractivity contribution in [3.05, 3.63) is 36.0 Å². The molecule has 1 aromatic heterocycles. The summed E-state index contributed by atoms with van der Waals surface area (Å²) in [5.41, 5.74) is 1.76.